The summed E-state index contributed by atoms with van der Waals surface area (Å²) in [4.78, 5) is 33.9. The first kappa shape index (κ1) is 17.0. The molecule has 0 radical (unpaired) electrons. The van der Waals surface area contributed by atoms with Crippen LogP contribution in [-0.4, -0.2) is 23.3 Å². The van der Waals surface area contributed by atoms with Gasteiger partial charge in [0.25, 0.3) is 11.8 Å². The van der Waals surface area contributed by atoms with E-state index in [0.717, 1.165) is 11.4 Å². The monoisotopic (exact) mass is 357 g/mol. The smallest absolute Gasteiger partial charge is 0.268 e. The van der Waals surface area contributed by atoms with Crippen LogP contribution in [-0.2, 0) is 0 Å². The van der Waals surface area contributed by atoms with Gasteiger partial charge in [-0.2, -0.15) is 0 Å². The van der Waals surface area contributed by atoms with Crippen molar-refractivity contribution in [3.8, 4) is 0 Å². The third kappa shape index (κ3) is 2.68. The summed E-state index contributed by atoms with van der Waals surface area (Å²) in [6, 6.07) is 18.8. The molecule has 1 aliphatic rings. The van der Waals surface area contributed by atoms with E-state index >= 15 is 0 Å². The van der Waals surface area contributed by atoms with Crippen molar-refractivity contribution >= 4 is 28.9 Å². The maximum Gasteiger partial charge on any atom is 0.268 e. The fourth-order valence-electron chi connectivity index (χ4n) is 3.52. The number of carbonyl (C=O) groups is 2. The van der Waals surface area contributed by atoms with Gasteiger partial charge in [0.1, 0.15) is 0 Å². The third-order valence-electron chi connectivity index (χ3n) is 4.76. The van der Waals surface area contributed by atoms with E-state index in [1.165, 1.54) is 11.1 Å². The molecule has 0 saturated heterocycles. The number of imide groups is 1. The maximum atomic E-state index is 13.3. The van der Waals surface area contributed by atoms with Crippen LogP contribution in [0.25, 0.3) is 0 Å². The molecule has 0 bridgehead atoms. The van der Waals surface area contributed by atoms with Crippen molar-refractivity contribution < 1.29 is 9.59 Å². The van der Waals surface area contributed by atoms with E-state index in [2.05, 4.69) is 4.98 Å². The van der Waals surface area contributed by atoms with Crippen LogP contribution < -0.4 is 9.80 Å². The number of pyridine rings is 1. The molecule has 0 atom stereocenters. The molecule has 0 saturated carbocycles. The summed E-state index contributed by atoms with van der Waals surface area (Å²) < 4.78 is 0. The molecule has 0 unspecified atom stereocenters. The molecule has 27 heavy (non-hydrogen) atoms. The Labute approximate surface area is 157 Å². The molecule has 0 spiro atoms. The predicted octanol–water partition coefficient (Wildman–Crippen LogP) is 4.35. The van der Waals surface area contributed by atoms with E-state index in [0.29, 0.717) is 29.0 Å². The normalized spacial score (nSPS) is 13.0. The quantitative estimate of drug-likeness (QED) is 0.652. The van der Waals surface area contributed by atoms with Gasteiger partial charge in [-0.1, -0.05) is 36.4 Å². The van der Waals surface area contributed by atoms with Crippen LogP contribution in [0.2, 0.25) is 0 Å². The third-order valence-corrected chi connectivity index (χ3v) is 4.76. The zero-order valence-electron chi connectivity index (χ0n) is 15.2. The second kappa shape index (κ2) is 6.68. The van der Waals surface area contributed by atoms with E-state index in [9.17, 15) is 9.59 Å². The Morgan fingerprint density at radius 1 is 0.926 bits per heavy atom. The molecule has 0 N–H and O–H groups in total. The molecule has 2 amide bonds. The zero-order chi connectivity index (χ0) is 19.0. The first-order valence-corrected chi connectivity index (χ1v) is 8.89. The van der Waals surface area contributed by atoms with Crippen molar-refractivity contribution in [2.45, 2.75) is 13.8 Å². The number of aromatic nitrogens is 1. The van der Waals surface area contributed by atoms with E-state index in [1.807, 2.05) is 67.3 Å². The number of carbonyl (C=O) groups excluding carboxylic acids is 2. The largest absolute Gasteiger partial charge is 0.340 e. The van der Waals surface area contributed by atoms with E-state index < -0.39 is 0 Å². The number of aryl methyl sites for hydroxylation is 1. The molecule has 5 nitrogen and oxygen atoms in total. The minimum atomic E-state index is -0.334. The lowest BCUT2D eigenvalue weighted by molar-refractivity contribution is 0.0926. The van der Waals surface area contributed by atoms with Gasteiger partial charge in [0, 0.05) is 18.4 Å². The van der Waals surface area contributed by atoms with Crippen molar-refractivity contribution in [3.05, 3.63) is 83.7 Å². The zero-order valence-corrected chi connectivity index (χ0v) is 15.2. The summed E-state index contributed by atoms with van der Waals surface area (Å²) in [5, 5.41) is 0. The molecule has 2 aromatic carbocycles. The summed E-state index contributed by atoms with van der Waals surface area (Å²) in [5.41, 5.74) is 3.70. The number of nitrogens with zero attached hydrogens (tertiary/aromatic N) is 3. The lowest BCUT2D eigenvalue weighted by Crippen LogP contribution is -2.29. The molecule has 1 aromatic heterocycles. The average molecular weight is 357 g/mol. The Balaban J connectivity index is 1.89. The Bertz CT molecular complexity index is 1020. The Hall–Kier alpha value is -3.47. The van der Waals surface area contributed by atoms with Gasteiger partial charge in [0.05, 0.1) is 28.2 Å². The summed E-state index contributed by atoms with van der Waals surface area (Å²) in [5.74, 6) is -0.643. The number of benzene rings is 2. The Morgan fingerprint density at radius 3 is 2.19 bits per heavy atom. The van der Waals surface area contributed by atoms with Crippen LogP contribution in [0.5, 0.6) is 0 Å². The highest BCUT2D eigenvalue weighted by molar-refractivity contribution is 6.36. The molecular formula is C22H19N3O2. The predicted molar refractivity (Wildman–Crippen MR) is 106 cm³/mol. The van der Waals surface area contributed by atoms with Gasteiger partial charge in [-0.05, 0) is 38.1 Å². The standard InChI is InChI=1S/C22H19N3O2/c1-3-24(16-10-6-4-7-11-16)20-15(2)23-14-18-19(20)22(27)25(21(18)26)17-12-8-5-9-13-17/h4-14H,3H2,1-2H3. The van der Waals surface area contributed by atoms with Crippen LogP contribution in [0, 0.1) is 6.92 Å². The number of fused-ring (bicyclic) bond motifs is 1. The van der Waals surface area contributed by atoms with Crippen LogP contribution in [0.3, 0.4) is 0 Å². The van der Waals surface area contributed by atoms with Gasteiger partial charge in [-0.25, -0.2) is 4.90 Å². The minimum absolute atomic E-state index is 0.309. The second-order valence-corrected chi connectivity index (χ2v) is 6.34. The van der Waals surface area contributed by atoms with Gasteiger partial charge < -0.3 is 4.90 Å². The van der Waals surface area contributed by atoms with Crippen molar-refractivity contribution in [3.63, 3.8) is 0 Å². The van der Waals surface area contributed by atoms with E-state index in [-0.39, 0.29) is 11.8 Å². The van der Waals surface area contributed by atoms with Gasteiger partial charge >= 0.3 is 0 Å². The number of rotatable bonds is 4. The van der Waals surface area contributed by atoms with Crippen molar-refractivity contribution in [1.29, 1.82) is 0 Å². The topological polar surface area (TPSA) is 53.5 Å². The fourth-order valence-corrected chi connectivity index (χ4v) is 3.52. The van der Waals surface area contributed by atoms with Crippen molar-refractivity contribution in [2.75, 3.05) is 16.3 Å². The highest BCUT2D eigenvalue weighted by Gasteiger charge is 2.40. The van der Waals surface area contributed by atoms with Gasteiger partial charge in [-0.15, -0.1) is 0 Å². The van der Waals surface area contributed by atoms with Gasteiger partial charge in [-0.3, -0.25) is 14.6 Å². The molecule has 0 aliphatic carbocycles. The molecule has 2 heterocycles. The molecule has 0 fully saturated rings. The number of amides is 2. The first-order valence-electron chi connectivity index (χ1n) is 8.89. The number of anilines is 3. The molecule has 3 aromatic rings. The number of para-hydroxylation sites is 2. The first-order chi connectivity index (χ1) is 13.1. The van der Waals surface area contributed by atoms with Crippen LogP contribution >= 0.6 is 0 Å². The van der Waals surface area contributed by atoms with E-state index in [4.69, 9.17) is 0 Å². The highest BCUT2D eigenvalue weighted by atomic mass is 16.2. The van der Waals surface area contributed by atoms with Gasteiger partial charge in [0.15, 0.2) is 0 Å². The summed E-state index contributed by atoms with van der Waals surface area (Å²) >= 11 is 0. The SMILES string of the molecule is CCN(c1ccccc1)c1c(C)ncc2c1C(=O)N(c1ccccc1)C2=O. The minimum Gasteiger partial charge on any atom is -0.340 e. The molecular weight excluding hydrogens is 338 g/mol. The lowest BCUT2D eigenvalue weighted by atomic mass is 10.1. The lowest BCUT2D eigenvalue weighted by Gasteiger charge is -2.26. The van der Waals surface area contributed by atoms with Gasteiger partial charge in [0.2, 0.25) is 0 Å². The Morgan fingerprint density at radius 2 is 1.56 bits per heavy atom. The molecule has 134 valence electrons. The summed E-state index contributed by atoms with van der Waals surface area (Å²) in [7, 11) is 0. The van der Waals surface area contributed by atoms with Crippen LogP contribution in [0.1, 0.15) is 33.3 Å². The van der Waals surface area contributed by atoms with E-state index in [1.54, 1.807) is 12.1 Å². The summed E-state index contributed by atoms with van der Waals surface area (Å²) in [6.45, 7) is 4.53. The molecule has 5 heteroatoms. The number of hydrogen-bond donors (Lipinski definition) is 0. The van der Waals surface area contributed by atoms with Crippen LogP contribution in [0.4, 0.5) is 17.1 Å². The Kier molecular flexibility index (Phi) is 4.20. The number of hydrogen-bond acceptors (Lipinski definition) is 4. The average Bonchev–Trinajstić information content (AvgIpc) is 2.96. The highest BCUT2D eigenvalue weighted by Crippen LogP contribution is 2.38. The summed E-state index contributed by atoms with van der Waals surface area (Å²) in [6.07, 6.45) is 1.51. The molecule has 4 rings (SSSR count). The van der Waals surface area contributed by atoms with Crippen molar-refractivity contribution in [1.82, 2.24) is 4.98 Å². The second-order valence-electron chi connectivity index (χ2n) is 6.34. The maximum absolute atomic E-state index is 13.3. The fraction of sp³-hybridized carbons (Fsp3) is 0.136. The van der Waals surface area contributed by atoms with Crippen LogP contribution in [0.15, 0.2) is 66.9 Å². The van der Waals surface area contributed by atoms with Crippen molar-refractivity contribution in [2.24, 2.45) is 0 Å². The molecule has 1 aliphatic heterocycles.